The van der Waals surface area contributed by atoms with Crippen molar-refractivity contribution < 1.29 is 14.7 Å². The Balaban J connectivity index is 1.96. The third-order valence-electron chi connectivity index (χ3n) is 3.43. The van der Waals surface area contributed by atoms with E-state index in [0.717, 1.165) is 18.4 Å². The number of hydrogen-bond donors (Lipinski definition) is 3. The molecule has 1 saturated carbocycles. The second-order valence-corrected chi connectivity index (χ2v) is 5.37. The van der Waals surface area contributed by atoms with Gasteiger partial charge in [0.15, 0.2) is 0 Å². The van der Waals surface area contributed by atoms with Crippen LogP contribution in [0.2, 0.25) is 0 Å². The molecule has 0 heterocycles. The molecule has 2 amide bonds. The van der Waals surface area contributed by atoms with Gasteiger partial charge in [0.05, 0.1) is 13.1 Å². The number of nitrogens with zero attached hydrogens (tertiary/aromatic N) is 1. The highest BCUT2D eigenvalue weighted by atomic mass is 16.3. The van der Waals surface area contributed by atoms with Crippen LogP contribution in [0.15, 0.2) is 24.3 Å². The van der Waals surface area contributed by atoms with Gasteiger partial charge in [-0.2, -0.15) is 0 Å². The minimum absolute atomic E-state index is 0.0401. The highest BCUT2D eigenvalue weighted by molar-refractivity contribution is 5.85. The summed E-state index contributed by atoms with van der Waals surface area (Å²) in [5, 5.41) is 12.0. The zero-order valence-electron chi connectivity index (χ0n) is 11.9. The lowest BCUT2D eigenvalue weighted by Crippen LogP contribution is -2.42. The number of hydrogen-bond acceptors (Lipinski definition) is 4. The molecule has 1 fully saturated rings. The molecule has 2 rings (SSSR count). The molecule has 1 aromatic carbocycles. The van der Waals surface area contributed by atoms with Gasteiger partial charge in [-0.3, -0.25) is 9.59 Å². The Labute approximate surface area is 123 Å². The van der Waals surface area contributed by atoms with Crippen molar-refractivity contribution in [2.45, 2.75) is 19.4 Å². The van der Waals surface area contributed by atoms with Gasteiger partial charge in [-0.25, -0.2) is 0 Å². The predicted octanol–water partition coefficient (Wildman–Crippen LogP) is 0.206. The maximum Gasteiger partial charge on any atom is 0.242 e. The summed E-state index contributed by atoms with van der Waals surface area (Å²) in [6.45, 7) is 0.958. The zero-order valence-corrected chi connectivity index (χ0v) is 11.9. The van der Waals surface area contributed by atoms with Crippen LogP contribution in [0.3, 0.4) is 0 Å². The topological polar surface area (TPSA) is 95.7 Å². The number of phenolic OH excluding ortho intramolecular Hbond substituents is 1. The lowest BCUT2D eigenvalue weighted by molar-refractivity contribution is -0.133. The Morgan fingerprint density at radius 1 is 1.38 bits per heavy atom. The van der Waals surface area contributed by atoms with Crippen LogP contribution in [-0.2, 0) is 16.1 Å². The number of carbonyl (C=O) groups is 2. The van der Waals surface area contributed by atoms with E-state index in [2.05, 4.69) is 5.32 Å². The molecule has 0 spiro atoms. The summed E-state index contributed by atoms with van der Waals surface area (Å²) in [6.07, 6.45) is 2.28. The number of benzene rings is 1. The zero-order chi connectivity index (χ0) is 15.2. The van der Waals surface area contributed by atoms with Gasteiger partial charge in [-0.1, -0.05) is 12.1 Å². The summed E-state index contributed by atoms with van der Waals surface area (Å²) in [7, 11) is 0. The van der Waals surface area contributed by atoms with E-state index in [1.54, 1.807) is 23.1 Å². The lowest BCUT2D eigenvalue weighted by Gasteiger charge is -2.23. The normalized spacial score (nSPS) is 13.8. The van der Waals surface area contributed by atoms with Gasteiger partial charge in [0.1, 0.15) is 5.75 Å². The van der Waals surface area contributed by atoms with E-state index in [1.165, 1.54) is 0 Å². The van der Waals surface area contributed by atoms with Crippen molar-refractivity contribution in [1.82, 2.24) is 10.2 Å². The predicted molar refractivity (Wildman–Crippen MR) is 78.3 cm³/mol. The molecule has 0 radical (unpaired) electrons. The molecule has 0 bridgehead atoms. The van der Waals surface area contributed by atoms with Crippen molar-refractivity contribution in [2.75, 3.05) is 19.6 Å². The number of nitrogens with one attached hydrogen (secondary N) is 1. The van der Waals surface area contributed by atoms with Gasteiger partial charge in [0.25, 0.3) is 0 Å². The number of amides is 2. The van der Waals surface area contributed by atoms with Crippen molar-refractivity contribution >= 4 is 11.8 Å². The van der Waals surface area contributed by atoms with Crippen molar-refractivity contribution in [3.8, 4) is 5.75 Å². The van der Waals surface area contributed by atoms with Gasteiger partial charge in [0, 0.05) is 13.1 Å². The Hall–Kier alpha value is -2.08. The summed E-state index contributed by atoms with van der Waals surface area (Å²) in [5.41, 5.74) is 6.07. The molecule has 0 saturated heterocycles. The fraction of sp³-hybridized carbons (Fsp3) is 0.467. The Bertz CT molecular complexity index is 515. The van der Waals surface area contributed by atoms with Gasteiger partial charge in [0.2, 0.25) is 11.8 Å². The molecule has 0 unspecified atom stereocenters. The van der Waals surface area contributed by atoms with E-state index in [4.69, 9.17) is 5.73 Å². The van der Waals surface area contributed by atoms with Crippen molar-refractivity contribution in [2.24, 2.45) is 11.7 Å². The molecule has 6 heteroatoms. The molecule has 1 aliphatic rings. The molecule has 6 nitrogen and oxygen atoms in total. The molecule has 4 N–H and O–H groups in total. The van der Waals surface area contributed by atoms with E-state index in [-0.39, 0.29) is 30.7 Å². The lowest BCUT2D eigenvalue weighted by atomic mass is 10.2. The number of nitrogens with two attached hydrogens (primary N) is 1. The maximum absolute atomic E-state index is 12.2. The quantitative estimate of drug-likeness (QED) is 0.669. The van der Waals surface area contributed by atoms with Crippen LogP contribution in [0.4, 0.5) is 0 Å². The van der Waals surface area contributed by atoms with Crippen molar-refractivity contribution in [3.63, 3.8) is 0 Å². The number of phenols is 1. The molecule has 114 valence electrons. The number of rotatable bonds is 7. The van der Waals surface area contributed by atoms with Crippen LogP contribution in [-0.4, -0.2) is 41.5 Å². The number of aromatic hydroxyl groups is 1. The van der Waals surface area contributed by atoms with Crippen LogP contribution in [0.25, 0.3) is 0 Å². The first kappa shape index (κ1) is 15.3. The van der Waals surface area contributed by atoms with Crippen molar-refractivity contribution in [3.05, 3.63) is 29.8 Å². The molecular weight excluding hydrogens is 270 g/mol. The molecule has 1 aromatic rings. The van der Waals surface area contributed by atoms with E-state index in [1.807, 2.05) is 6.07 Å². The van der Waals surface area contributed by atoms with Gasteiger partial charge >= 0.3 is 0 Å². The monoisotopic (exact) mass is 291 g/mol. The fourth-order valence-electron chi connectivity index (χ4n) is 2.10. The molecular formula is C15H21N3O3. The first-order valence-electron chi connectivity index (χ1n) is 7.11. The molecule has 0 aliphatic heterocycles. The van der Waals surface area contributed by atoms with E-state index < -0.39 is 0 Å². The van der Waals surface area contributed by atoms with Crippen LogP contribution in [0, 0.1) is 5.92 Å². The molecule has 0 atom stereocenters. The Kier molecular flexibility index (Phi) is 5.16. The minimum Gasteiger partial charge on any atom is -0.508 e. The maximum atomic E-state index is 12.2. The molecule has 1 aliphatic carbocycles. The largest absolute Gasteiger partial charge is 0.508 e. The Morgan fingerprint density at radius 3 is 2.76 bits per heavy atom. The second kappa shape index (κ2) is 7.08. The van der Waals surface area contributed by atoms with Gasteiger partial charge in [-0.15, -0.1) is 0 Å². The highest BCUT2D eigenvalue weighted by Gasteiger charge is 2.26. The SMILES string of the molecule is NCC(=O)NCC(=O)N(Cc1cccc(O)c1)CC1CC1. The van der Waals surface area contributed by atoms with E-state index in [9.17, 15) is 14.7 Å². The van der Waals surface area contributed by atoms with Crippen LogP contribution < -0.4 is 11.1 Å². The van der Waals surface area contributed by atoms with Gasteiger partial charge < -0.3 is 21.1 Å². The average molecular weight is 291 g/mol. The van der Waals surface area contributed by atoms with Crippen molar-refractivity contribution in [1.29, 1.82) is 0 Å². The highest BCUT2D eigenvalue weighted by Crippen LogP contribution is 2.30. The fourth-order valence-corrected chi connectivity index (χ4v) is 2.10. The van der Waals surface area contributed by atoms with E-state index >= 15 is 0 Å². The first-order chi connectivity index (χ1) is 10.1. The third-order valence-corrected chi connectivity index (χ3v) is 3.43. The van der Waals surface area contributed by atoms with Crippen LogP contribution in [0.1, 0.15) is 18.4 Å². The second-order valence-electron chi connectivity index (χ2n) is 5.37. The van der Waals surface area contributed by atoms with E-state index in [0.29, 0.717) is 19.0 Å². The van der Waals surface area contributed by atoms with Gasteiger partial charge in [-0.05, 0) is 36.5 Å². The summed E-state index contributed by atoms with van der Waals surface area (Å²) in [5.74, 6) is 0.262. The van der Waals surface area contributed by atoms with Crippen LogP contribution in [0.5, 0.6) is 5.75 Å². The third kappa shape index (κ3) is 5.07. The summed E-state index contributed by atoms with van der Waals surface area (Å²) < 4.78 is 0. The summed E-state index contributed by atoms with van der Waals surface area (Å²) in [6, 6.07) is 6.86. The molecule has 21 heavy (non-hydrogen) atoms. The Morgan fingerprint density at radius 2 is 2.14 bits per heavy atom. The smallest absolute Gasteiger partial charge is 0.242 e. The standard InChI is InChI=1S/C15H21N3O3/c16-7-14(20)17-8-15(21)18(9-11-4-5-11)10-12-2-1-3-13(19)6-12/h1-3,6,11,19H,4-5,7-10,16H2,(H,17,20). The number of carbonyl (C=O) groups excluding carboxylic acids is 2. The minimum atomic E-state index is -0.341. The average Bonchev–Trinajstić information content (AvgIpc) is 3.27. The summed E-state index contributed by atoms with van der Waals surface area (Å²) >= 11 is 0. The summed E-state index contributed by atoms with van der Waals surface area (Å²) in [4.78, 5) is 25.1. The first-order valence-corrected chi connectivity index (χ1v) is 7.11. The van der Waals surface area contributed by atoms with Crippen LogP contribution >= 0.6 is 0 Å². The molecule has 0 aromatic heterocycles.